The summed E-state index contributed by atoms with van der Waals surface area (Å²) in [7, 11) is 0. The van der Waals surface area contributed by atoms with E-state index in [1.165, 1.54) is 44.6 Å². The van der Waals surface area contributed by atoms with Crippen LogP contribution in [0.5, 0.6) is 11.5 Å². The van der Waals surface area contributed by atoms with Gasteiger partial charge in [-0.2, -0.15) is 0 Å². The first kappa shape index (κ1) is 66.0. The second kappa shape index (κ2) is 28.5. The summed E-state index contributed by atoms with van der Waals surface area (Å²) < 4.78 is 15.5. The number of ether oxygens (including phenoxy) is 1. The molecule has 0 bridgehead atoms. The van der Waals surface area contributed by atoms with E-state index in [4.69, 9.17) is 29.1 Å². The molecule has 5 heterocycles. The third-order valence-corrected chi connectivity index (χ3v) is 17.4. The molecule has 14 rings (SSSR count). The maximum atomic E-state index is 6.57. The zero-order valence-electron chi connectivity index (χ0n) is 56.2. The van der Waals surface area contributed by atoms with Crippen molar-refractivity contribution < 1.29 is 29.3 Å². The third-order valence-electron chi connectivity index (χ3n) is 17.4. The second-order valence-corrected chi connectivity index (χ2v) is 27.1. The number of fused-ring (bicyclic) bond motifs is 4. The molecule has 0 unspecified atom stereocenters. The van der Waals surface area contributed by atoms with Crippen molar-refractivity contribution in [1.29, 1.82) is 0 Å². The first-order valence-corrected chi connectivity index (χ1v) is 33.0. The molecule has 0 aliphatic heterocycles. The van der Waals surface area contributed by atoms with Crippen molar-refractivity contribution in [3.63, 3.8) is 0 Å². The minimum Gasteiger partial charge on any atom is -0.501 e. The van der Waals surface area contributed by atoms with E-state index in [-0.39, 0.29) is 42.8 Å². The van der Waals surface area contributed by atoms with E-state index in [0.717, 1.165) is 127 Å². The van der Waals surface area contributed by atoms with E-state index in [1.807, 2.05) is 91.3 Å². The second-order valence-electron chi connectivity index (χ2n) is 27.1. The molecule has 10 heteroatoms. The number of nitrogens with zero attached hydrogens (tertiary/aromatic N) is 7. The van der Waals surface area contributed by atoms with Gasteiger partial charge in [-0.05, 0) is 137 Å². The fraction of sp³-hybridized carbons (Fsp3) is 0.209. The first-order valence-electron chi connectivity index (χ1n) is 33.0. The largest absolute Gasteiger partial charge is 3.00 e. The van der Waals surface area contributed by atoms with Gasteiger partial charge in [-0.3, -0.25) is 4.98 Å². The van der Waals surface area contributed by atoms with Gasteiger partial charge in [-0.1, -0.05) is 195 Å². The number of aromatic nitrogens is 7. The van der Waals surface area contributed by atoms with Crippen LogP contribution in [0.25, 0.3) is 95.1 Å². The Morgan fingerprint density at radius 2 is 1.06 bits per heavy atom. The standard InChI is InChI=1S/C48H48N5O.C38H30N2O.Ir/c1-28(2)36-26-32(30-22-24-31(25-23-30)43-50-45(47(5,6)7)52-46(51-43)48(8,9)10)27-37(29(3)4)41(36)53-39-20-13-12-19-38(39)49-44(53)35-18-15-17-34-33-16-11-14-21-40(33)54-42(34)35;1-2-12-31(13-3-1)36-28-30(24-26-40-36)21-23-33-15-5-7-19-38(33)41-37-18-6-4-14-32(37)22-20-29-11-10-16-34(27-29)35-17-8-9-25-39-35;/h11-17,19-29H,1-10H3;1-12,14-15,17-19,24-28H,20-23H2;/q-1;-2;+3. The molecule has 0 spiro atoms. The topological polar surface area (TPSA) is 105 Å². The number of hydrogen-bond donors (Lipinski definition) is 0. The molecule has 0 fully saturated rings. The predicted octanol–water partition coefficient (Wildman–Crippen LogP) is 21.5. The van der Waals surface area contributed by atoms with Gasteiger partial charge >= 0.3 is 20.1 Å². The summed E-state index contributed by atoms with van der Waals surface area (Å²) in [4.78, 5) is 29.1. The Bertz CT molecular complexity index is 4830. The van der Waals surface area contributed by atoms with Crippen LogP contribution in [-0.4, -0.2) is 34.5 Å². The molecular formula is C86H78IrN7O2. The molecule has 9 aromatic carbocycles. The van der Waals surface area contributed by atoms with Crippen LogP contribution in [0.4, 0.5) is 0 Å². The van der Waals surface area contributed by atoms with Crippen molar-refractivity contribution in [3.05, 3.63) is 294 Å². The summed E-state index contributed by atoms with van der Waals surface area (Å²) in [5.41, 5.74) is 19.9. The van der Waals surface area contributed by atoms with E-state index in [2.05, 4.69) is 241 Å². The van der Waals surface area contributed by atoms with Crippen molar-refractivity contribution in [2.24, 2.45) is 0 Å². The number of rotatable bonds is 16. The Labute approximate surface area is 578 Å². The van der Waals surface area contributed by atoms with Crippen LogP contribution in [0, 0.1) is 18.2 Å². The number of pyridine rings is 2. The van der Waals surface area contributed by atoms with E-state index >= 15 is 0 Å². The molecule has 5 aromatic heterocycles. The van der Waals surface area contributed by atoms with E-state index in [0.29, 0.717) is 5.82 Å². The zero-order valence-corrected chi connectivity index (χ0v) is 58.6. The zero-order chi connectivity index (χ0) is 65.8. The molecule has 0 atom stereocenters. The Kier molecular flexibility index (Phi) is 19.6. The predicted molar refractivity (Wildman–Crippen MR) is 387 cm³/mol. The Balaban J connectivity index is 0.000000188. The molecule has 0 N–H and O–H groups in total. The van der Waals surface area contributed by atoms with E-state index < -0.39 is 0 Å². The maximum Gasteiger partial charge on any atom is 3.00 e. The van der Waals surface area contributed by atoms with Gasteiger partial charge in [-0.15, -0.1) is 89.5 Å². The number of benzene rings is 9. The van der Waals surface area contributed by atoms with Crippen LogP contribution < -0.4 is 4.74 Å². The van der Waals surface area contributed by atoms with Gasteiger partial charge in [0.15, 0.2) is 5.82 Å². The summed E-state index contributed by atoms with van der Waals surface area (Å²) in [6.45, 7) is 22.0. The third kappa shape index (κ3) is 14.5. The van der Waals surface area contributed by atoms with Crippen LogP contribution in [0.2, 0.25) is 0 Å². The van der Waals surface area contributed by atoms with Crippen LogP contribution in [0.1, 0.15) is 126 Å². The normalized spacial score (nSPS) is 11.7. The Morgan fingerprint density at radius 3 is 1.72 bits per heavy atom. The van der Waals surface area contributed by atoms with Crippen molar-refractivity contribution in [2.45, 2.75) is 118 Å². The SMILES string of the molecule is CC(C)c1cc(-c2ccc(-c3nc(C(C)(C)C)nc(C(C)(C)C)n3)cc2)cc(C(C)C)c1-n1c(-c2[c-]ccc3c2oc2ccccc23)nc2ccccc21.[Ir+3].[c-]1ccccc1-c1cc(CCc2ccccc2Oc2ccccc2CCc2cc[c-]c(-c3ccccn3)c2)ccn1. The molecule has 0 aliphatic rings. The van der Waals surface area contributed by atoms with Crippen LogP contribution in [0.3, 0.4) is 0 Å². The van der Waals surface area contributed by atoms with Gasteiger partial charge in [0.05, 0.1) is 22.4 Å². The fourth-order valence-corrected chi connectivity index (χ4v) is 12.2. The van der Waals surface area contributed by atoms with Crippen molar-refractivity contribution >= 4 is 33.0 Å². The van der Waals surface area contributed by atoms with E-state index in [1.54, 1.807) is 0 Å². The minimum absolute atomic E-state index is 0. The smallest absolute Gasteiger partial charge is 0.501 e. The minimum atomic E-state index is -0.198. The van der Waals surface area contributed by atoms with Gasteiger partial charge in [0.1, 0.15) is 28.7 Å². The van der Waals surface area contributed by atoms with Gasteiger partial charge < -0.3 is 23.7 Å². The molecule has 96 heavy (non-hydrogen) atoms. The first-order chi connectivity index (χ1) is 46.0. The van der Waals surface area contributed by atoms with Crippen molar-refractivity contribution in [3.8, 4) is 73.6 Å². The van der Waals surface area contributed by atoms with Gasteiger partial charge in [0.25, 0.3) is 0 Å². The number of hydrogen-bond acceptors (Lipinski definition) is 8. The molecule has 0 aliphatic carbocycles. The summed E-state index contributed by atoms with van der Waals surface area (Å²) in [6.07, 6.45) is 7.25. The number of aryl methyl sites for hydroxylation is 4. The quantitative estimate of drug-likeness (QED) is 0.0881. The molecule has 0 radical (unpaired) electrons. The van der Waals surface area contributed by atoms with Crippen LogP contribution in [0.15, 0.2) is 235 Å². The van der Waals surface area contributed by atoms with Gasteiger partial charge in [-0.25, -0.2) is 15.0 Å². The number of imidazole rings is 1. The van der Waals surface area contributed by atoms with Crippen molar-refractivity contribution in [2.75, 3.05) is 0 Å². The van der Waals surface area contributed by atoms with Crippen LogP contribution in [-0.2, 0) is 56.6 Å². The summed E-state index contributed by atoms with van der Waals surface area (Å²) in [5, 5.41) is 2.15. The Hall–Kier alpha value is -9.99. The molecule has 9 nitrogen and oxygen atoms in total. The molecule has 0 amide bonds. The Morgan fingerprint density at radius 1 is 0.469 bits per heavy atom. The van der Waals surface area contributed by atoms with Crippen LogP contribution >= 0.6 is 0 Å². The average Bonchev–Trinajstić information content (AvgIpc) is 1.53. The molecule has 0 saturated carbocycles. The summed E-state index contributed by atoms with van der Waals surface area (Å²) >= 11 is 0. The number of furan rings is 1. The van der Waals surface area contributed by atoms with Gasteiger partial charge in [0.2, 0.25) is 0 Å². The number of para-hydroxylation sites is 5. The molecule has 0 saturated heterocycles. The summed E-state index contributed by atoms with van der Waals surface area (Å²) in [6, 6.07) is 85.4. The van der Waals surface area contributed by atoms with Crippen molar-refractivity contribution in [1.82, 2.24) is 34.5 Å². The molecule has 478 valence electrons. The molecular weight excluding hydrogens is 1360 g/mol. The van der Waals surface area contributed by atoms with E-state index in [9.17, 15) is 0 Å². The fourth-order valence-electron chi connectivity index (χ4n) is 12.2. The summed E-state index contributed by atoms with van der Waals surface area (Å²) in [5.74, 6) is 5.41. The maximum absolute atomic E-state index is 6.57. The average molecular weight is 1430 g/mol. The van der Waals surface area contributed by atoms with Gasteiger partial charge in [0, 0.05) is 39.9 Å². The monoisotopic (exact) mass is 1430 g/mol. The molecule has 14 aromatic rings.